The van der Waals surface area contributed by atoms with Gasteiger partial charge in [-0.25, -0.2) is 0 Å². The lowest BCUT2D eigenvalue weighted by Gasteiger charge is -2.59. The van der Waals surface area contributed by atoms with Crippen LogP contribution in [0.25, 0.3) is 0 Å². The van der Waals surface area contributed by atoms with Crippen molar-refractivity contribution in [3.8, 4) is 0 Å². The van der Waals surface area contributed by atoms with Crippen LogP contribution in [0.3, 0.4) is 0 Å². The topological polar surface area (TPSA) is 23.9 Å². The summed E-state index contributed by atoms with van der Waals surface area (Å²) in [7, 11) is 0. The molecule has 3 aliphatic carbocycles. The van der Waals surface area contributed by atoms with Crippen LogP contribution in [0.5, 0.6) is 0 Å². The molecule has 7 unspecified atom stereocenters. The summed E-state index contributed by atoms with van der Waals surface area (Å²) in [5.41, 5.74) is 1.89. The Bertz CT molecular complexity index is 494. The molecule has 7 atom stereocenters. The van der Waals surface area contributed by atoms with Crippen molar-refractivity contribution in [3.05, 3.63) is 12.7 Å². The van der Waals surface area contributed by atoms with Gasteiger partial charge in [0.05, 0.1) is 0 Å². The summed E-state index contributed by atoms with van der Waals surface area (Å²) in [5, 5.41) is 8.29. The average molecular weight is 330 g/mol. The van der Waals surface area contributed by atoms with Crippen molar-refractivity contribution in [2.45, 2.75) is 85.5 Å². The minimum Gasteiger partial charge on any atom is -0.310 e. The van der Waals surface area contributed by atoms with Gasteiger partial charge in [0, 0.05) is 11.6 Å². The molecule has 0 aromatic heterocycles. The Morgan fingerprint density at radius 2 is 1.88 bits per heavy atom. The molecule has 136 valence electrons. The summed E-state index contributed by atoms with van der Waals surface area (Å²) < 4.78 is 0. The van der Waals surface area contributed by atoms with Gasteiger partial charge in [-0.1, -0.05) is 33.3 Å². The molecule has 0 spiro atoms. The maximum atomic E-state index is 8.29. The fraction of sp³-hybridized carbons (Fsp3) is 0.870. The van der Waals surface area contributed by atoms with Crippen LogP contribution >= 0.6 is 0 Å². The molecular weight excluding hydrogens is 290 g/mol. The van der Waals surface area contributed by atoms with Gasteiger partial charge in [0.2, 0.25) is 0 Å². The number of allylic oxidation sites excluding steroid dienone is 1. The van der Waals surface area contributed by atoms with Gasteiger partial charge in [-0.15, -0.1) is 6.58 Å². The first-order valence-corrected chi connectivity index (χ1v) is 10.5. The van der Waals surface area contributed by atoms with Crippen molar-refractivity contribution < 1.29 is 0 Å². The van der Waals surface area contributed by atoms with Crippen LogP contribution in [-0.2, 0) is 0 Å². The molecule has 1 nitrogen and oxygen atoms in total. The smallest absolute Gasteiger partial charge is 0.00946 e. The summed E-state index contributed by atoms with van der Waals surface area (Å²) in [4.78, 5) is 0. The fourth-order valence-corrected chi connectivity index (χ4v) is 7.76. The second-order valence-electron chi connectivity index (χ2n) is 9.79. The van der Waals surface area contributed by atoms with Crippen LogP contribution < -0.4 is 0 Å². The van der Waals surface area contributed by atoms with Crippen LogP contribution in [0.2, 0.25) is 0 Å². The molecule has 24 heavy (non-hydrogen) atoms. The monoisotopic (exact) mass is 329 g/mol. The molecule has 3 saturated carbocycles. The first-order chi connectivity index (χ1) is 11.4. The van der Waals surface area contributed by atoms with E-state index in [1.54, 1.807) is 0 Å². The molecule has 0 radical (unpaired) electrons. The second kappa shape index (κ2) is 6.61. The van der Waals surface area contributed by atoms with E-state index in [1.165, 1.54) is 57.8 Å². The van der Waals surface area contributed by atoms with Crippen LogP contribution in [0.1, 0.15) is 85.5 Å². The zero-order valence-electron chi connectivity index (χ0n) is 16.5. The van der Waals surface area contributed by atoms with Crippen molar-refractivity contribution in [2.24, 2.45) is 40.4 Å². The van der Waals surface area contributed by atoms with E-state index < -0.39 is 0 Å². The van der Waals surface area contributed by atoms with Gasteiger partial charge in [-0.2, -0.15) is 0 Å². The first-order valence-electron chi connectivity index (χ1n) is 10.5. The van der Waals surface area contributed by atoms with Gasteiger partial charge in [0.15, 0.2) is 0 Å². The molecule has 0 amide bonds. The van der Waals surface area contributed by atoms with Gasteiger partial charge in [-0.3, -0.25) is 0 Å². The van der Waals surface area contributed by atoms with E-state index >= 15 is 0 Å². The van der Waals surface area contributed by atoms with Crippen molar-refractivity contribution in [3.63, 3.8) is 0 Å². The highest BCUT2D eigenvalue weighted by Gasteiger charge is 2.59. The van der Waals surface area contributed by atoms with E-state index in [2.05, 4.69) is 40.3 Å². The summed E-state index contributed by atoms with van der Waals surface area (Å²) >= 11 is 0. The molecule has 3 aliphatic rings. The van der Waals surface area contributed by atoms with E-state index in [-0.39, 0.29) is 0 Å². The normalized spacial score (nSPS) is 47.8. The molecule has 0 aliphatic heterocycles. The molecule has 1 N–H and O–H groups in total. The Balaban J connectivity index is 1.89. The second-order valence-corrected chi connectivity index (χ2v) is 9.79. The van der Waals surface area contributed by atoms with Gasteiger partial charge in [0.1, 0.15) is 0 Å². The van der Waals surface area contributed by atoms with Gasteiger partial charge in [-0.05, 0) is 92.8 Å². The largest absolute Gasteiger partial charge is 0.310 e. The lowest BCUT2D eigenvalue weighted by atomic mass is 9.46. The Morgan fingerprint density at radius 1 is 1.12 bits per heavy atom. The van der Waals surface area contributed by atoms with E-state index in [4.69, 9.17) is 5.41 Å². The quantitative estimate of drug-likeness (QED) is 0.420. The molecule has 1 heteroatoms. The zero-order valence-corrected chi connectivity index (χ0v) is 16.5. The number of rotatable bonds is 5. The highest BCUT2D eigenvalue weighted by atomic mass is 14.6. The zero-order chi connectivity index (χ0) is 17.5. The number of fused-ring (bicyclic) bond motifs is 3. The van der Waals surface area contributed by atoms with E-state index in [1.807, 2.05) is 0 Å². The third kappa shape index (κ3) is 2.61. The summed E-state index contributed by atoms with van der Waals surface area (Å²) in [6.45, 7) is 13.7. The molecule has 0 bridgehead atoms. The van der Waals surface area contributed by atoms with Crippen LogP contribution in [-0.4, -0.2) is 5.71 Å². The first kappa shape index (κ1) is 18.2. The number of hydrogen-bond acceptors (Lipinski definition) is 1. The third-order valence-corrected chi connectivity index (χ3v) is 8.83. The maximum absolute atomic E-state index is 8.29. The SMILES string of the molecule is C=CCC1CCC2C(CCC3(C)C(C(C)=N)CCC23)C1(C)CCC. The third-order valence-electron chi connectivity index (χ3n) is 8.83. The van der Waals surface area contributed by atoms with E-state index in [0.717, 1.165) is 29.4 Å². The highest BCUT2D eigenvalue weighted by Crippen LogP contribution is 2.66. The predicted octanol–water partition coefficient (Wildman–Crippen LogP) is 6.88. The Morgan fingerprint density at radius 3 is 2.50 bits per heavy atom. The fourth-order valence-electron chi connectivity index (χ4n) is 7.76. The predicted molar refractivity (Wildman–Crippen MR) is 104 cm³/mol. The lowest BCUT2D eigenvalue weighted by molar-refractivity contribution is -0.0941. The van der Waals surface area contributed by atoms with Crippen LogP contribution in [0.4, 0.5) is 0 Å². The van der Waals surface area contributed by atoms with Crippen molar-refractivity contribution in [2.75, 3.05) is 0 Å². The minimum atomic E-state index is 0.422. The molecular formula is C23H39N. The maximum Gasteiger partial charge on any atom is 0.00946 e. The average Bonchev–Trinajstić information content (AvgIpc) is 2.88. The van der Waals surface area contributed by atoms with Crippen molar-refractivity contribution >= 4 is 5.71 Å². The Kier molecular flexibility index (Phi) is 5.02. The number of hydrogen-bond donors (Lipinski definition) is 1. The lowest BCUT2D eigenvalue weighted by Crippen LogP contribution is -2.52. The molecule has 0 aromatic carbocycles. The van der Waals surface area contributed by atoms with Crippen molar-refractivity contribution in [1.29, 1.82) is 5.41 Å². The van der Waals surface area contributed by atoms with Gasteiger partial charge in [0.25, 0.3) is 0 Å². The Hall–Kier alpha value is -0.590. The van der Waals surface area contributed by atoms with Crippen LogP contribution in [0.15, 0.2) is 12.7 Å². The van der Waals surface area contributed by atoms with Gasteiger partial charge < -0.3 is 5.41 Å². The summed E-state index contributed by atoms with van der Waals surface area (Å²) in [6, 6.07) is 0. The summed E-state index contributed by atoms with van der Waals surface area (Å²) in [5.74, 6) is 4.13. The molecule has 3 rings (SSSR count). The van der Waals surface area contributed by atoms with Crippen molar-refractivity contribution in [1.82, 2.24) is 0 Å². The Labute approximate surface area is 150 Å². The molecule has 3 fully saturated rings. The minimum absolute atomic E-state index is 0.422. The molecule has 0 saturated heterocycles. The highest BCUT2D eigenvalue weighted by molar-refractivity contribution is 5.82. The molecule has 0 aromatic rings. The summed E-state index contributed by atoms with van der Waals surface area (Å²) in [6.07, 6.45) is 14.4. The standard InChI is InChI=1S/C23H39N/c1-6-8-17-9-10-18-20-12-11-19(16(3)24)23(20,5)15-13-21(18)22(17,4)14-7-2/h6,17-21,24H,1,7-15H2,2-5H3. The number of nitrogens with one attached hydrogen (secondary N) is 1. The van der Waals surface area contributed by atoms with Crippen LogP contribution in [0, 0.1) is 45.8 Å². The molecule has 0 heterocycles. The van der Waals surface area contributed by atoms with Gasteiger partial charge >= 0.3 is 0 Å². The van der Waals surface area contributed by atoms with E-state index in [0.29, 0.717) is 16.7 Å². The van der Waals surface area contributed by atoms with E-state index in [9.17, 15) is 0 Å².